The van der Waals surface area contributed by atoms with Crippen LogP contribution in [-0.4, -0.2) is 25.6 Å². The molecule has 1 aliphatic heterocycles. The van der Waals surface area contributed by atoms with E-state index in [4.69, 9.17) is 0 Å². The number of nitro groups is 1. The van der Waals surface area contributed by atoms with Gasteiger partial charge in [0.2, 0.25) is 5.91 Å². The first-order valence-electron chi connectivity index (χ1n) is 9.87. The van der Waals surface area contributed by atoms with Crippen molar-refractivity contribution >= 4 is 23.4 Å². The molecule has 0 fully saturated rings. The van der Waals surface area contributed by atoms with E-state index in [2.05, 4.69) is 20.1 Å². The van der Waals surface area contributed by atoms with Gasteiger partial charge in [0.15, 0.2) is 5.82 Å². The number of nitrogens with zero attached hydrogens (tertiary/aromatic N) is 4. The van der Waals surface area contributed by atoms with E-state index in [-0.39, 0.29) is 11.6 Å². The van der Waals surface area contributed by atoms with Crippen LogP contribution in [0.5, 0.6) is 0 Å². The first kappa shape index (κ1) is 19.5. The van der Waals surface area contributed by atoms with Gasteiger partial charge in [-0.3, -0.25) is 14.9 Å². The summed E-state index contributed by atoms with van der Waals surface area (Å²) in [5.74, 6) is 1.44. The second-order valence-corrected chi connectivity index (χ2v) is 7.12. The standard InChI is InChI=1S/C22H21N5O3/c28-21(13-12-16-7-3-4-10-19(16)27(29)30)23-18-9-6-8-17(15-18)22-25-24-20-11-2-1-5-14-26(20)22/h3-4,6-10,12-13,15H,1-2,5,11,14H2,(H,23,28)/b13-12+. The van der Waals surface area contributed by atoms with Gasteiger partial charge in [-0.25, -0.2) is 0 Å². The number of carbonyl (C=O) groups excluding carboxylic acids is 1. The first-order chi connectivity index (χ1) is 14.6. The van der Waals surface area contributed by atoms with E-state index >= 15 is 0 Å². The van der Waals surface area contributed by atoms with Crippen molar-refractivity contribution in [1.29, 1.82) is 0 Å². The van der Waals surface area contributed by atoms with Crippen molar-refractivity contribution in [2.45, 2.75) is 32.2 Å². The molecule has 0 atom stereocenters. The summed E-state index contributed by atoms with van der Waals surface area (Å²) >= 11 is 0. The minimum Gasteiger partial charge on any atom is -0.322 e. The molecule has 152 valence electrons. The molecule has 3 aromatic rings. The molecule has 30 heavy (non-hydrogen) atoms. The molecule has 1 aromatic heterocycles. The van der Waals surface area contributed by atoms with Crippen LogP contribution in [0.4, 0.5) is 11.4 Å². The molecule has 1 aliphatic rings. The molecule has 2 heterocycles. The Morgan fingerprint density at radius 1 is 1.10 bits per heavy atom. The lowest BCUT2D eigenvalue weighted by Crippen LogP contribution is -2.08. The predicted molar refractivity (Wildman–Crippen MR) is 114 cm³/mol. The van der Waals surface area contributed by atoms with E-state index in [1.54, 1.807) is 24.3 Å². The zero-order chi connectivity index (χ0) is 20.9. The number of amides is 1. The van der Waals surface area contributed by atoms with E-state index in [0.29, 0.717) is 11.3 Å². The fourth-order valence-corrected chi connectivity index (χ4v) is 3.58. The second kappa shape index (κ2) is 8.69. The summed E-state index contributed by atoms with van der Waals surface area (Å²) in [5, 5.41) is 22.6. The van der Waals surface area contributed by atoms with Gasteiger partial charge < -0.3 is 9.88 Å². The number of hydrogen-bond donors (Lipinski definition) is 1. The lowest BCUT2D eigenvalue weighted by molar-refractivity contribution is -0.385. The number of rotatable bonds is 5. The third-order valence-electron chi connectivity index (χ3n) is 5.05. The Kier molecular flexibility index (Phi) is 5.65. The van der Waals surface area contributed by atoms with Gasteiger partial charge >= 0.3 is 0 Å². The Labute approximate surface area is 173 Å². The largest absolute Gasteiger partial charge is 0.322 e. The molecule has 0 bridgehead atoms. The molecule has 0 radical (unpaired) electrons. The second-order valence-electron chi connectivity index (χ2n) is 7.12. The summed E-state index contributed by atoms with van der Waals surface area (Å²) in [7, 11) is 0. The Balaban J connectivity index is 1.51. The predicted octanol–water partition coefficient (Wildman–Crippen LogP) is 4.23. The third kappa shape index (κ3) is 4.27. The van der Waals surface area contributed by atoms with E-state index in [0.717, 1.165) is 43.0 Å². The molecule has 0 aliphatic carbocycles. The molecule has 8 nitrogen and oxygen atoms in total. The van der Waals surface area contributed by atoms with Crippen molar-refractivity contribution in [3.05, 3.63) is 76.1 Å². The Bertz CT molecular complexity index is 1120. The van der Waals surface area contributed by atoms with Gasteiger partial charge in [0.25, 0.3) is 5.69 Å². The Morgan fingerprint density at radius 2 is 1.97 bits per heavy atom. The van der Waals surface area contributed by atoms with Gasteiger partial charge in [0.1, 0.15) is 5.82 Å². The van der Waals surface area contributed by atoms with Gasteiger partial charge in [-0.2, -0.15) is 0 Å². The van der Waals surface area contributed by atoms with Crippen molar-refractivity contribution in [3.63, 3.8) is 0 Å². The average Bonchev–Trinajstić information content (AvgIpc) is 3.01. The normalized spacial score (nSPS) is 13.6. The highest BCUT2D eigenvalue weighted by atomic mass is 16.6. The van der Waals surface area contributed by atoms with Gasteiger partial charge in [-0.05, 0) is 37.1 Å². The smallest absolute Gasteiger partial charge is 0.276 e. The zero-order valence-electron chi connectivity index (χ0n) is 16.3. The number of aromatic nitrogens is 3. The molecule has 1 N–H and O–H groups in total. The molecule has 0 unspecified atom stereocenters. The summed E-state index contributed by atoms with van der Waals surface area (Å²) in [6, 6.07) is 13.7. The van der Waals surface area contributed by atoms with E-state index in [1.165, 1.54) is 24.6 Å². The summed E-state index contributed by atoms with van der Waals surface area (Å²) in [5.41, 5.74) is 1.83. The topological polar surface area (TPSA) is 103 Å². The maximum absolute atomic E-state index is 12.3. The van der Waals surface area contributed by atoms with Crippen LogP contribution in [0.1, 0.15) is 30.7 Å². The molecular formula is C22H21N5O3. The molecule has 1 amide bonds. The van der Waals surface area contributed by atoms with Crippen LogP contribution in [0.15, 0.2) is 54.6 Å². The van der Waals surface area contributed by atoms with Gasteiger partial charge in [-0.1, -0.05) is 30.7 Å². The number of nitro benzene ring substituents is 1. The third-order valence-corrected chi connectivity index (χ3v) is 5.05. The number of aryl methyl sites for hydroxylation is 1. The number of nitrogens with one attached hydrogen (secondary N) is 1. The zero-order valence-corrected chi connectivity index (χ0v) is 16.3. The minimum atomic E-state index is -0.470. The summed E-state index contributed by atoms with van der Waals surface area (Å²) < 4.78 is 2.16. The molecule has 0 spiro atoms. The van der Waals surface area contributed by atoms with Crippen LogP contribution in [0, 0.1) is 10.1 Å². The number of benzene rings is 2. The van der Waals surface area contributed by atoms with Crippen molar-refractivity contribution in [2.75, 3.05) is 5.32 Å². The molecule has 4 rings (SSSR count). The Morgan fingerprint density at radius 3 is 2.83 bits per heavy atom. The van der Waals surface area contributed by atoms with Crippen LogP contribution < -0.4 is 5.32 Å². The average molecular weight is 403 g/mol. The minimum absolute atomic E-state index is 0.0453. The van der Waals surface area contributed by atoms with Gasteiger partial charge in [0.05, 0.1) is 10.5 Å². The molecule has 8 heteroatoms. The van der Waals surface area contributed by atoms with Crippen molar-refractivity contribution < 1.29 is 9.72 Å². The van der Waals surface area contributed by atoms with Crippen LogP contribution in [0.25, 0.3) is 17.5 Å². The highest BCUT2D eigenvalue weighted by Crippen LogP contribution is 2.25. The van der Waals surface area contributed by atoms with Crippen LogP contribution in [0.3, 0.4) is 0 Å². The maximum atomic E-state index is 12.3. The van der Waals surface area contributed by atoms with Gasteiger partial charge in [0, 0.05) is 36.4 Å². The molecular weight excluding hydrogens is 382 g/mol. The number of anilines is 1. The summed E-state index contributed by atoms with van der Waals surface area (Å²) in [6.45, 7) is 0.896. The maximum Gasteiger partial charge on any atom is 0.276 e. The monoisotopic (exact) mass is 403 g/mol. The fraction of sp³-hybridized carbons (Fsp3) is 0.227. The highest BCUT2D eigenvalue weighted by Gasteiger charge is 2.16. The molecule has 0 saturated carbocycles. The molecule has 2 aromatic carbocycles. The lowest BCUT2D eigenvalue weighted by atomic mass is 10.1. The lowest BCUT2D eigenvalue weighted by Gasteiger charge is -2.09. The van der Waals surface area contributed by atoms with E-state index in [1.807, 2.05) is 18.2 Å². The summed E-state index contributed by atoms with van der Waals surface area (Å²) in [4.78, 5) is 23.0. The van der Waals surface area contributed by atoms with Crippen molar-refractivity contribution in [1.82, 2.24) is 14.8 Å². The molecule has 0 saturated heterocycles. The summed E-state index contributed by atoms with van der Waals surface area (Å²) in [6.07, 6.45) is 7.07. The highest BCUT2D eigenvalue weighted by molar-refractivity contribution is 6.02. The van der Waals surface area contributed by atoms with Crippen molar-refractivity contribution in [2.24, 2.45) is 0 Å². The Hall–Kier alpha value is -3.81. The number of para-hydroxylation sites is 1. The van der Waals surface area contributed by atoms with Gasteiger partial charge in [-0.15, -0.1) is 10.2 Å². The quantitative estimate of drug-likeness (QED) is 0.390. The van der Waals surface area contributed by atoms with Crippen LogP contribution in [-0.2, 0) is 17.8 Å². The van der Waals surface area contributed by atoms with Crippen LogP contribution >= 0.6 is 0 Å². The number of fused-ring (bicyclic) bond motifs is 1. The van der Waals surface area contributed by atoms with E-state index < -0.39 is 4.92 Å². The number of carbonyl (C=O) groups is 1. The SMILES string of the molecule is O=C(/C=C/c1ccccc1[N+](=O)[O-])Nc1cccc(-c2nnc3n2CCCCC3)c1. The first-order valence-corrected chi connectivity index (χ1v) is 9.87. The van der Waals surface area contributed by atoms with Crippen molar-refractivity contribution in [3.8, 4) is 11.4 Å². The number of hydrogen-bond acceptors (Lipinski definition) is 5. The fourth-order valence-electron chi connectivity index (χ4n) is 3.58. The van der Waals surface area contributed by atoms with Crippen LogP contribution in [0.2, 0.25) is 0 Å². The van der Waals surface area contributed by atoms with E-state index in [9.17, 15) is 14.9 Å².